The molecule has 1 aromatic heterocycles. The molecule has 7 nitrogen and oxygen atoms in total. The fraction of sp³-hybridized carbons (Fsp3) is 0.400. The minimum absolute atomic E-state index is 0.00371. The predicted molar refractivity (Wildman–Crippen MR) is 99.3 cm³/mol. The van der Waals surface area contributed by atoms with Crippen molar-refractivity contribution in [3.8, 4) is 0 Å². The normalized spacial score (nSPS) is 14.5. The molecule has 0 aliphatic heterocycles. The van der Waals surface area contributed by atoms with Gasteiger partial charge in [-0.3, -0.25) is 9.59 Å². The maximum Gasteiger partial charge on any atom is 0.359 e. The van der Waals surface area contributed by atoms with Crippen molar-refractivity contribution < 1.29 is 14.3 Å². The molecular formula is C20H23N3O4. The number of aromatic nitrogens is 2. The molecule has 0 radical (unpaired) electrons. The molecule has 0 spiro atoms. The molecule has 1 aliphatic carbocycles. The molecule has 7 heteroatoms. The van der Waals surface area contributed by atoms with E-state index in [-0.39, 0.29) is 36.4 Å². The van der Waals surface area contributed by atoms with E-state index in [0.29, 0.717) is 0 Å². The van der Waals surface area contributed by atoms with Crippen LogP contribution in [0.3, 0.4) is 0 Å². The van der Waals surface area contributed by atoms with Crippen LogP contribution in [-0.2, 0) is 16.1 Å². The van der Waals surface area contributed by atoms with E-state index < -0.39 is 5.97 Å². The van der Waals surface area contributed by atoms with Gasteiger partial charge in [0, 0.05) is 12.1 Å². The van der Waals surface area contributed by atoms with E-state index in [1.165, 1.54) is 23.2 Å². The van der Waals surface area contributed by atoms with E-state index in [4.69, 9.17) is 4.74 Å². The van der Waals surface area contributed by atoms with Crippen molar-refractivity contribution in [3.63, 3.8) is 0 Å². The Bertz CT molecular complexity index is 842. The Labute approximate surface area is 157 Å². The molecule has 1 N–H and O–H groups in total. The fourth-order valence-electron chi connectivity index (χ4n) is 3.15. The third-order valence-electron chi connectivity index (χ3n) is 4.56. The monoisotopic (exact) mass is 369 g/mol. The number of hydrogen-bond acceptors (Lipinski definition) is 5. The molecule has 142 valence electrons. The largest absolute Gasteiger partial charge is 0.451 e. The summed E-state index contributed by atoms with van der Waals surface area (Å²) in [5, 5.41) is 6.95. The van der Waals surface area contributed by atoms with Gasteiger partial charge in [-0.25, -0.2) is 9.48 Å². The molecule has 0 bridgehead atoms. The first kappa shape index (κ1) is 18.8. The molecule has 1 aromatic carbocycles. The van der Waals surface area contributed by atoms with Crippen molar-refractivity contribution in [1.82, 2.24) is 15.1 Å². The predicted octanol–water partition coefficient (Wildman–Crippen LogP) is 1.90. The van der Waals surface area contributed by atoms with E-state index in [9.17, 15) is 14.4 Å². The highest BCUT2D eigenvalue weighted by atomic mass is 16.5. The Morgan fingerprint density at radius 3 is 2.56 bits per heavy atom. The number of benzene rings is 1. The molecule has 1 saturated carbocycles. The Morgan fingerprint density at radius 1 is 1.07 bits per heavy atom. The number of nitrogens with zero attached hydrogens (tertiary/aromatic N) is 2. The molecule has 3 rings (SSSR count). The van der Waals surface area contributed by atoms with Crippen molar-refractivity contribution >= 4 is 11.9 Å². The average Bonchev–Trinajstić information content (AvgIpc) is 2.69. The van der Waals surface area contributed by atoms with Gasteiger partial charge in [-0.15, -0.1) is 0 Å². The lowest BCUT2D eigenvalue weighted by atomic mass is 9.95. The quantitative estimate of drug-likeness (QED) is 0.786. The highest BCUT2D eigenvalue weighted by Crippen LogP contribution is 2.17. The van der Waals surface area contributed by atoms with Gasteiger partial charge in [-0.05, 0) is 24.5 Å². The first-order chi connectivity index (χ1) is 13.1. The molecule has 1 aliphatic rings. The van der Waals surface area contributed by atoms with Crippen molar-refractivity contribution in [2.75, 3.05) is 6.61 Å². The van der Waals surface area contributed by atoms with Crippen molar-refractivity contribution in [2.45, 2.75) is 44.7 Å². The SMILES string of the molecule is O=C(COC(=O)c1ccc(=O)n(Cc2ccccc2)n1)NC1CCCCC1. The molecular weight excluding hydrogens is 346 g/mol. The topological polar surface area (TPSA) is 90.3 Å². The van der Waals surface area contributed by atoms with Crippen LogP contribution in [-0.4, -0.2) is 34.3 Å². The molecule has 27 heavy (non-hydrogen) atoms. The van der Waals surface area contributed by atoms with Crippen LogP contribution in [0.25, 0.3) is 0 Å². The summed E-state index contributed by atoms with van der Waals surface area (Å²) < 4.78 is 6.25. The number of amides is 1. The highest BCUT2D eigenvalue weighted by molar-refractivity contribution is 5.89. The minimum atomic E-state index is -0.726. The van der Waals surface area contributed by atoms with Crippen molar-refractivity contribution in [1.29, 1.82) is 0 Å². The summed E-state index contributed by atoms with van der Waals surface area (Å²) >= 11 is 0. The fourth-order valence-corrected chi connectivity index (χ4v) is 3.15. The Morgan fingerprint density at radius 2 is 1.81 bits per heavy atom. The van der Waals surface area contributed by atoms with E-state index in [1.54, 1.807) is 0 Å². The summed E-state index contributed by atoms with van der Waals surface area (Å²) in [6.07, 6.45) is 5.35. The summed E-state index contributed by atoms with van der Waals surface area (Å²) in [7, 11) is 0. The molecule has 1 amide bonds. The Hall–Kier alpha value is -2.96. The number of nitrogens with one attached hydrogen (secondary N) is 1. The van der Waals surface area contributed by atoms with Crippen LogP contribution in [0.4, 0.5) is 0 Å². The van der Waals surface area contributed by atoms with Gasteiger partial charge in [0.15, 0.2) is 12.3 Å². The molecule has 0 atom stereocenters. The number of hydrogen-bond donors (Lipinski definition) is 1. The van der Waals surface area contributed by atoms with Crippen LogP contribution >= 0.6 is 0 Å². The van der Waals surface area contributed by atoms with E-state index >= 15 is 0 Å². The number of ether oxygens (including phenoxy) is 1. The van der Waals surface area contributed by atoms with Gasteiger partial charge in [0.05, 0.1) is 6.54 Å². The third kappa shape index (κ3) is 5.51. The van der Waals surface area contributed by atoms with Gasteiger partial charge in [0.2, 0.25) is 0 Å². The summed E-state index contributed by atoms with van der Waals surface area (Å²) in [6, 6.07) is 12.1. The lowest BCUT2D eigenvalue weighted by Gasteiger charge is -2.22. The zero-order valence-corrected chi connectivity index (χ0v) is 15.1. The third-order valence-corrected chi connectivity index (χ3v) is 4.56. The van der Waals surface area contributed by atoms with Crippen LogP contribution in [0.15, 0.2) is 47.3 Å². The first-order valence-electron chi connectivity index (χ1n) is 9.20. The lowest BCUT2D eigenvalue weighted by molar-refractivity contribution is -0.125. The van der Waals surface area contributed by atoms with Gasteiger partial charge in [-0.1, -0.05) is 49.6 Å². The van der Waals surface area contributed by atoms with Crippen molar-refractivity contribution in [2.24, 2.45) is 0 Å². The second-order valence-electron chi connectivity index (χ2n) is 6.68. The summed E-state index contributed by atoms with van der Waals surface area (Å²) in [5.41, 5.74) is 0.575. The van der Waals surface area contributed by atoms with Crippen LogP contribution in [0, 0.1) is 0 Å². The van der Waals surface area contributed by atoms with E-state index in [1.807, 2.05) is 30.3 Å². The van der Waals surface area contributed by atoms with Gasteiger partial charge < -0.3 is 10.1 Å². The van der Waals surface area contributed by atoms with Gasteiger partial charge in [-0.2, -0.15) is 5.10 Å². The lowest BCUT2D eigenvalue weighted by Crippen LogP contribution is -2.38. The average molecular weight is 369 g/mol. The van der Waals surface area contributed by atoms with Gasteiger partial charge >= 0.3 is 5.97 Å². The number of rotatable bonds is 6. The van der Waals surface area contributed by atoms with Crippen LogP contribution < -0.4 is 10.9 Å². The standard InChI is InChI=1S/C20H23N3O4/c24-18(21-16-9-5-2-6-10-16)14-27-20(26)17-11-12-19(25)23(22-17)13-15-7-3-1-4-8-15/h1,3-4,7-8,11-12,16H,2,5-6,9-10,13-14H2,(H,21,24). The maximum atomic E-state index is 12.2. The minimum Gasteiger partial charge on any atom is -0.451 e. The van der Waals surface area contributed by atoms with Crippen LogP contribution in [0.2, 0.25) is 0 Å². The second-order valence-corrected chi connectivity index (χ2v) is 6.68. The summed E-state index contributed by atoms with van der Waals surface area (Å²) in [6.45, 7) is -0.0994. The first-order valence-corrected chi connectivity index (χ1v) is 9.20. The summed E-state index contributed by atoms with van der Waals surface area (Å²) in [4.78, 5) is 36.1. The van der Waals surface area contributed by atoms with Gasteiger partial charge in [0.25, 0.3) is 11.5 Å². The zero-order valence-electron chi connectivity index (χ0n) is 15.1. The van der Waals surface area contributed by atoms with Crippen LogP contribution in [0.1, 0.15) is 48.2 Å². The van der Waals surface area contributed by atoms with E-state index in [2.05, 4.69) is 10.4 Å². The van der Waals surface area contributed by atoms with Crippen LogP contribution in [0.5, 0.6) is 0 Å². The van der Waals surface area contributed by atoms with Gasteiger partial charge in [0.1, 0.15) is 0 Å². The summed E-state index contributed by atoms with van der Waals surface area (Å²) in [5.74, 6) is -1.04. The second kappa shape index (κ2) is 9.12. The van der Waals surface area contributed by atoms with E-state index in [0.717, 1.165) is 31.2 Å². The molecule has 1 fully saturated rings. The Balaban J connectivity index is 1.57. The number of esters is 1. The highest BCUT2D eigenvalue weighted by Gasteiger charge is 2.18. The zero-order chi connectivity index (χ0) is 19.1. The molecule has 1 heterocycles. The Kier molecular flexibility index (Phi) is 6.35. The maximum absolute atomic E-state index is 12.2. The molecule has 0 unspecified atom stereocenters. The molecule has 2 aromatic rings. The smallest absolute Gasteiger partial charge is 0.359 e. The van der Waals surface area contributed by atoms with Crippen molar-refractivity contribution in [3.05, 3.63) is 64.1 Å². The number of carbonyl (C=O) groups is 2. The molecule has 0 saturated heterocycles. The number of carbonyl (C=O) groups excluding carboxylic acids is 2.